The van der Waals surface area contributed by atoms with Crippen molar-refractivity contribution in [2.45, 2.75) is 58.0 Å². The van der Waals surface area contributed by atoms with Crippen molar-refractivity contribution in [1.82, 2.24) is 14.5 Å². The fraction of sp³-hybridized carbons (Fsp3) is 0.500. The van der Waals surface area contributed by atoms with Gasteiger partial charge in [-0.1, -0.05) is 26.2 Å². The van der Waals surface area contributed by atoms with Gasteiger partial charge in [-0.3, -0.25) is 24.0 Å². The van der Waals surface area contributed by atoms with Gasteiger partial charge in [0.1, 0.15) is 12.0 Å². The number of nitrogen functional groups attached to an aromatic ring is 1. The summed E-state index contributed by atoms with van der Waals surface area (Å²) in [6.45, 7) is 1.70. The van der Waals surface area contributed by atoms with Gasteiger partial charge in [-0.15, -0.1) is 0 Å². The maximum absolute atomic E-state index is 13.2. The maximum Gasteiger partial charge on any atom is 0.406 e. The van der Waals surface area contributed by atoms with E-state index in [4.69, 9.17) is 10.5 Å². The van der Waals surface area contributed by atoms with Crippen molar-refractivity contribution in [2.24, 2.45) is 0 Å². The number of anilines is 2. The SMILES string of the molecule is CCCCn1c(N)c(N(C(=O)COc2cccnc2[N+](=O)[O-])C2CCCC2)c(=O)[nH]c1=O. The molecule has 172 valence electrons. The minimum atomic E-state index is -0.757. The van der Waals surface area contributed by atoms with Gasteiger partial charge in [0.25, 0.3) is 11.5 Å². The normalized spacial score (nSPS) is 13.8. The van der Waals surface area contributed by atoms with Crippen LogP contribution in [0, 0.1) is 10.1 Å². The van der Waals surface area contributed by atoms with E-state index in [0.29, 0.717) is 25.8 Å². The molecule has 1 fully saturated rings. The molecule has 1 saturated carbocycles. The Bertz CT molecular complexity index is 1100. The molecule has 0 atom stereocenters. The molecule has 2 aromatic heterocycles. The van der Waals surface area contributed by atoms with Gasteiger partial charge in [-0.2, -0.15) is 0 Å². The monoisotopic (exact) mass is 446 g/mol. The van der Waals surface area contributed by atoms with Gasteiger partial charge in [0.05, 0.1) is 0 Å². The number of nitrogens with two attached hydrogens (primary N) is 1. The summed E-state index contributed by atoms with van der Waals surface area (Å²) in [6.07, 6.45) is 5.78. The molecule has 2 heterocycles. The third-order valence-electron chi connectivity index (χ3n) is 5.42. The van der Waals surface area contributed by atoms with E-state index in [1.165, 1.54) is 27.8 Å². The van der Waals surface area contributed by atoms with E-state index in [1.54, 1.807) is 0 Å². The number of carbonyl (C=O) groups excluding carboxylic acids is 1. The van der Waals surface area contributed by atoms with E-state index in [0.717, 1.165) is 19.3 Å². The molecule has 0 radical (unpaired) electrons. The topological polar surface area (TPSA) is 166 Å². The van der Waals surface area contributed by atoms with E-state index in [2.05, 4.69) is 9.97 Å². The summed E-state index contributed by atoms with van der Waals surface area (Å²) in [5.74, 6) is -1.35. The molecule has 1 amide bonds. The number of hydrogen-bond acceptors (Lipinski definition) is 8. The number of amides is 1. The highest BCUT2D eigenvalue weighted by Crippen LogP contribution is 2.30. The molecule has 1 aliphatic carbocycles. The summed E-state index contributed by atoms with van der Waals surface area (Å²) in [4.78, 5) is 55.8. The van der Waals surface area contributed by atoms with E-state index in [9.17, 15) is 24.5 Å². The number of nitro groups is 1. The molecule has 3 rings (SSSR count). The van der Waals surface area contributed by atoms with Gasteiger partial charge in [0.2, 0.25) is 5.75 Å². The average Bonchev–Trinajstić information content (AvgIpc) is 3.29. The number of H-pyrrole nitrogens is 1. The first-order chi connectivity index (χ1) is 15.3. The minimum Gasteiger partial charge on any atom is -0.476 e. The molecule has 3 N–H and O–H groups in total. The van der Waals surface area contributed by atoms with Crippen LogP contribution in [-0.4, -0.2) is 38.0 Å². The fourth-order valence-electron chi connectivity index (χ4n) is 3.86. The number of aromatic amines is 1. The van der Waals surface area contributed by atoms with Crippen LogP contribution in [0.5, 0.6) is 5.75 Å². The first-order valence-corrected chi connectivity index (χ1v) is 10.5. The number of hydrogen-bond donors (Lipinski definition) is 2. The summed E-state index contributed by atoms with van der Waals surface area (Å²) in [5.41, 5.74) is 4.73. The molecule has 1 aliphatic rings. The van der Waals surface area contributed by atoms with Crippen molar-refractivity contribution < 1.29 is 14.5 Å². The highest BCUT2D eigenvalue weighted by atomic mass is 16.6. The second kappa shape index (κ2) is 10.1. The first-order valence-electron chi connectivity index (χ1n) is 10.5. The fourth-order valence-corrected chi connectivity index (χ4v) is 3.86. The molecule has 32 heavy (non-hydrogen) atoms. The molecule has 12 heteroatoms. The minimum absolute atomic E-state index is 0.0835. The lowest BCUT2D eigenvalue weighted by Gasteiger charge is -2.29. The average molecular weight is 446 g/mol. The van der Waals surface area contributed by atoms with Crippen LogP contribution in [-0.2, 0) is 11.3 Å². The number of carbonyl (C=O) groups is 1. The first kappa shape index (κ1) is 23.0. The Morgan fingerprint density at radius 1 is 1.41 bits per heavy atom. The Morgan fingerprint density at radius 3 is 2.78 bits per heavy atom. The Balaban J connectivity index is 1.96. The van der Waals surface area contributed by atoms with Crippen LogP contribution in [0.1, 0.15) is 45.4 Å². The Hall–Kier alpha value is -3.70. The molecular weight excluding hydrogens is 420 g/mol. The molecule has 0 aromatic carbocycles. The quantitative estimate of drug-likeness (QED) is 0.432. The molecule has 0 saturated heterocycles. The number of rotatable bonds is 9. The van der Waals surface area contributed by atoms with Gasteiger partial charge in [-0.25, -0.2) is 4.79 Å². The van der Waals surface area contributed by atoms with E-state index >= 15 is 0 Å². The van der Waals surface area contributed by atoms with Crippen molar-refractivity contribution in [3.05, 3.63) is 49.3 Å². The van der Waals surface area contributed by atoms with Crippen molar-refractivity contribution in [1.29, 1.82) is 0 Å². The summed E-state index contributed by atoms with van der Waals surface area (Å²) < 4.78 is 6.66. The molecule has 2 aromatic rings. The van der Waals surface area contributed by atoms with Crippen LogP contribution in [0.3, 0.4) is 0 Å². The Labute approximate surface area is 183 Å². The number of pyridine rings is 1. The number of nitrogens with zero attached hydrogens (tertiary/aromatic N) is 4. The Kier molecular flexibility index (Phi) is 7.23. The van der Waals surface area contributed by atoms with Crippen LogP contribution < -0.4 is 26.6 Å². The zero-order valence-electron chi connectivity index (χ0n) is 17.8. The highest BCUT2D eigenvalue weighted by Gasteiger charge is 2.33. The predicted molar refractivity (Wildman–Crippen MR) is 117 cm³/mol. The van der Waals surface area contributed by atoms with Gasteiger partial charge >= 0.3 is 11.5 Å². The molecule has 12 nitrogen and oxygen atoms in total. The molecule has 0 aliphatic heterocycles. The van der Waals surface area contributed by atoms with Gasteiger partial charge in [0.15, 0.2) is 12.3 Å². The van der Waals surface area contributed by atoms with Gasteiger partial charge < -0.3 is 20.6 Å². The molecule has 0 bridgehead atoms. The zero-order valence-corrected chi connectivity index (χ0v) is 17.8. The third-order valence-corrected chi connectivity index (χ3v) is 5.42. The second-order valence-corrected chi connectivity index (χ2v) is 7.57. The number of ether oxygens (including phenoxy) is 1. The second-order valence-electron chi connectivity index (χ2n) is 7.57. The predicted octanol–water partition coefficient (Wildman–Crippen LogP) is 1.58. The summed E-state index contributed by atoms with van der Waals surface area (Å²) in [7, 11) is 0. The van der Waals surface area contributed by atoms with E-state index in [-0.39, 0.29) is 23.3 Å². The maximum atomic E-state index is 13.2. The number of unbranched alkanes of at least 4 members (excludes halogenated alkanes) is 1. The smallest absolute Gasteiger partial charge is 0.406 e. The molecule has 0 unspecified atom stereocenters. The lowest BCUT2D eigenvalue weighted by Crippen LogP contribution is -2.47. The summed E-state index contributed by atoms with van der Waals surface area (Å²) >= 11 is 0. The Morgan fingerprint density at radius 2 is 2.12 bits per heavy atom. The number of aromatic nitrogens is 3. The van der Waals surface area contributed by atoms with Crippen molar-refractivity contribution in [3.8, 4) is 5.75 Å². The highest BCUT2D eigenvalue weighted by molar-refractivity contribution is 5.97. The summed E-state index contributed by atoms with van der Waals surface area (Å²) in [5, 5.41) is 11.1. The lowest BCUT2D eigenvalue weighted by atomic mass is 10.2. The van der Waals surface area contributed by atoms with Crippen molar-refractivity contribution in [3.63, 3.8) is 0 Å². The van der Waals surface area contributed by atoms with Crippen LogP contribution in [0.2, 0.25) is 0 Å². The largest absolute Gasteiger partial charge is 0.476 e. The zero-order chi connectivity index (χ0) is 23.3. The van der Waals surface area contributed by atoms with Crippen LogP contribution in [0.4, 0.5) is 17.3 Å². The van der Waals surface area contributed by atoms with E-state index < -0.39 is 34.5 Å². The third kappa shape index (κ3) is 4.79. The summed E-state index contributed by atoms with van der Waals surface area (Å²) in [6, 6.07) is 2.49. The van der Waals surface area contributed by atoms with Gasteiger partial charge in [0, 0.05) is 12.6 Å². The van der Waals surface area contributed by atoms with Crippen LogP contribution >= 0.6 is 0 Å². The molecular formula is C20H26N6O6. The van der Waals surface area contributed by atoms with Crippen LogP contribution in [0.15, 0.2) is 27.9 Å². The molecule has 0 spiro atoms. The lowest BCUT2D eigenvalue weighted by molar-refractivity contribution is -0.390. The number of nitrogens with one attached hydrogen (secondary N) is 1. The standard InChI is InChI=1S/C20H26N6O6/c1-2-3-11-24-17(21)16(19(28)23-20(24)29)25(13-7-4-5-8-13)15(27)12-32-14-9-6-10-22-18(14)26(30)31/h6,9-10,13H,2-5,7-8,11-12,21H2,1H3,(H,23,28,29). The van der Waals surface area contributed by atoms with Gasteiger partial charge in [-0.05, 0) is 41.3 Å². The van der Waals surface area contributed by atoms with Crippen molar-refractivity contribution in [2.75, 3.05) is 17.2 Å². The van der Waals surface area contributed by atoms with Crippen molar-refractivity contribution >= 4 is 23.2 Å². The van der Waals surface area contributed by atoms with Crippen LogP contribution in [0.25, 0.3) is 0 Å². The van der Waals surface area contributed by atoms with E-state index in [1.807, 2.05) is 6.92 Å².